The Bertz CT molecular complexity index is 1230. The van der Waals surface area contributed by atoms with E-state index >= 15 is 0 Å². The molecule has 2 aromatic rings. The van der Waals surface area contributed by atoms with E-state index in [0.29, 0.717) is 16.9 Å². The van der Waals surface area contributed by atoms with Crippen molar-refractivity contribution < 1.29 is 36.3 Å². The molecule has 2 amide bonds. The first-order valence-electron chi connectivity index (χ1n) is 14.1. The van der Waals surface area contributed by atoms with Crippen LogP contribution in [0.15, 0.2) is 18.5 Å². The second-order valence-electron chi connectivity index (χ2n) is 12.5. The molecule has 0 radical (unpaired) electrons. The summed E-state index contributed by atoms with van der Waals surface area (Å²) in [6, 6.07) is 0.495. The minimum atomic E-state index is -4.46. The minimum Gasteiger partial charge on any atom is -0.444 e. The SMILES string of the molecule is CC(CC(=O)N[C@@H](c1cnn2cc(C(NC(=O)OC(C)(C)C)C3CCC(F)(F)CC3)nc2c1)C1CCC1)C(F)(F)F. The average Bonchev–Trinajstić information content (AvgIpc) is 3.22. The van der Waals surface area contributed by atoms with E-state index in [1.165, 1.54) is 4.52 Å². The van der Waals surface area contributed by atoms with Crippen molar-refractivity contribution in [3.63, 3.8) is 0 Å². The van der Waals surface area contributed by atoms with Crippen molar-refractivity contribution in [1.82, 2.24) is 25.2 Å². The highest BCUT2D eigenvalue weighted by Crippen LogP contribution is 2.42. The van der Waals surface area contributed by atoms with E-state index in [4.69, 9.17) is 4.74 Å². The molecule has 4 rings (SSSR count). The van der Waals surface area contributed by atoms with Crippen LogP contribution in [-0.2, 0) is 9.53 Å². The van der Waals surface area contributed by atoms with E-state index < -0.39 is 54.1 Å². The van der Waals surface area contributed by atoms with Crippen LogP contribution in [0.3, 0.4) is 0 Å². The van der Waals surface area contributed by atoms with Crippen molar-refractivity contribution in [2.75, 3.05) is 0 Å². The van der Waals surface area contributed by atoms with E-state index in [1.54, 1.807) is 39.2 Å². The maximum Gasteiger partial charge on any atom is 0.408 e. The number of carbonyl (C=O) groups excluding carboxylic acids is 2. The molecule has 0 aromatic carbocycles. The number of rotatable bonds is 8. The van der Waals surface area contributed by atoms with Crippen LogP contribution in [-0.4, -0.2) is 44.3 Å². The van der Waals surface area contributed by atoms with Gasteiger partial charge in [-0.1, -0.05) is 13.3 Å². The number of nitrogens with one attached hydrogen (secondary N) is 2. The lowest BCUT2D eigenvalue weighted by Gasteiger charge is -2.34. The zero-order valence-corrected chi connectivity index (χ0v) is 23.7. The van der Waals surface area contributed by atoms with E-state index in [1.807, 2.05) is 0 Å². The highest BCUT2D eigenvalue weighted by molar-refractivity contribution is 5.77. The number of aromatic nitrogens is 3. The van der Waals surface area contributed by atoms with Crippen LogP contribution >= 0.6 is 0 Å². The summed E-state index contributed by atoms with van der Waals surface area (Å²) < 4.78 is 73.7. The van der Waals surface area contributed by atoms with Crippen molar-refractivity contribution in [2.45, 2.75) is 109 Å². The lowest BCUT2D eigenvalue weighted by atomic mass is 9.77. The van der Waals surface area contributed by atoms with Crippen molar-refractivity contribution in [3.8, 4) is 0 Å². The predicted molar refractivity (Wildman–Crippen MR) is 140 cm³/mol. The van der Waals surface area contributed by atoms with E-state index in [0.717, 1.165) is 26.2 Å². The standard InChI is InChI=1S/C28H38F5N5O3/c1-16(28(31,32)33)12-22(39)36-23(17-6-5-7-17)19-13-21-35-20(15-38(21)34-14-19)24(37-25(40)41-26(2,3)4)18-8-10-27(29,30)11-9-18/h13-18,23-24H,5-12H2,1-4H3,(H,36,39)(H,37,40)/t16?,23-,24?/m1/s1. The van der Waals surface area contributed by atoms with Crippen molar-refractivity contribution in [2.24, 2.45) is 17.8 Å². The number of hydrogen-bond donors (Lipinski definition) is 2. The Kier molecular flexibility index (Phi) is 8.84. The van der Waals surface area contributed by atoms with Gasteiger partial charge < -0.3 is 15.4 Å². The molecule has 2 saturated carbocycles. The number of amides is 2. The second kappa shape index (κ2) is 11.7. The molecule has 13 heteroatoms. The zero-order chi connectivity index (χ0) is 30.2. The Morgan fingerprint density at radius 2 is 1.71 bits per heavy atom. The highest BCUT2D eigenvalue weighted by atomic mass is 19.4. The number of alkyl halides is 5. The zero-order valence-electron chi connectivity index (χ0n) is 23.7. The number of fused-ring (bicyclic) bond motifs is 1. The smallest absolute Gasteiger partial charge is 0.408 e. The number of halogens is 5. The molecule has 2 aliphatic rings. The molecule has 0 saturated heterocycles. The fourth-order valence-electron chi connectivity index (χ4n) is 5.37. The van der Waals surface area contributed by atoms with Crippen LogP contribution in [0.1, 0.15) is 102 Å². The van der Waals surface area contributed by atoms with Crippen LogP contribution in [0, 0.1) is 17.8 Å². The molecule has 2 aromatic heterocycles. The Hall–Kier alpha value is -2.99. The quantitative estimate of drug-likeness (QED) is 0.337. The number of ether oxygens (including phenoxy) is 1. The molecule has 2 heterocycles. The maximum absolute atomic E-state index is 13.9. The van der Waals surface area contributed by atoms with Crippen LogP contribution in [0.5, 0.6) is 0 Å². The fraction of sp³-hybridized carbons (Fsp3) is 0.714. The van der Waals surface area contributed by atoms with Gasteiger partial charge in [-0.2, -0.15) is 18.3 Å². The molecular weight excluding hydrogens is 549 g/mol. The molecule has 0 spiro atoms. The lowest BCUT2D eigenvalue weighted by Crippen LogP contribution is -2.40. The molecule has 0 aliphatic heterocycles. The number of imidazole rings is 1. The van der Waals surface area contributed by atoms with Crippen molar-refractivity contribution in [1.29, 1.82) is 0 Å². The summed E-state index contributed by atoms with van der Waals surface area (Å²) in [6.07, 6.45) is -0.282. The summed E-state index contributed by atoms with van der Waals surface area (Å²) >= 11 is 0. The third kappa shape index (κ3) is 8.06. The Labute approximate surface area is 235 Å². The third-order valence-corrected chi connectivity index (χ3v) is 7.93. The van der Waals surface area contributed by atoms with Crippen molar-refractivity contribution >= 4 is 17.6 Å². The monoisotopic (exact) mass is 587 g/mol. The van der Waals surface area contributed by atoms with Crippen molar-refractivity contribution in [3.05, 3.63) is 29.7 Å². The lowest BCUT2D eigenvalue weighted by molar-refractivity contribution is -0.174. The molecule has 2 fully saturated rings. The van der Waals surface area contributed by atoms with Crippen LogP contribution in [0.2, 0.25) is 0 Å². The van der Waals surface area contributed by atoms with Gasteiger partial charge in [-0.15, -0.1) is 0 Å². The second-order valence-corrected chi connectivity index (χ2v) is 12.5. The van der Waals surface area contributed by atoms with E-state index in [9.17, 15) is 31.5 Å². The van der Waals surface area contributed by atoms with Gasteiger partial charge in [0.15, 0.2) is 5.65 Å². The van der Waals surface area contributed by atoms with Gasteiger partial charge in [0.05, 0.1) is 36.1 Å². The van der Waals surface area contributed by atoms with Gasteiger partial charge in [0.2, 0.25) is 11.8 Å². The largest absolute Gasteiger partial charge is 0.444 e. The summed E-state index contributed by atoms with van der Waals surface area (Å²) in [6.45, 7) is 6.15. The van der Waals surface area contributed by atoms with Gasteiger partial charge in [-0.25, -0.2) is 23.1 Å². The average molecular weight is 588 g/mol. The van der Waals surface area contributed by atoms with Gasteiger partial charge in [-0.05, 0) is 69.9 Å². The summed E-state index contributed by atoms with van der Waals surface area (Å²) in [4.78, 5) is 29.9. The number of hydrogen-bond acceptors (Lipinski definition) is 5. The maximum atomic E-state index is 13.9. The Morgan fingerprint density at radius 3 is 2.27 bits per heavy atom. The normalized spacial score (nSPS) is 20.6. The Morgan fingerprint density at radius 1 is 1.07 bits per heavy atom. The summed E-state index contributed by atoms with van der Waals surface area (Å²) in [5.41, 5.74) is 0.680. The fourth-order valence-corrected chi connectivity index (χ4v) is 5.37. The molecular formula is C28H38F5N5O3. The van der Waals surface area contributed by atoms with Gasteiger partial charge in [0.25, 0.3) is 0 Å². The number of alkyl carbamates (subject to hydrolysis) is 1. The molecule has 2 unspecified atom stereocenters. The molecule has 41 heavy (non-hydrogen) atoms. The molecule has 0 bridgehead atoms. The van der Waals surface area contributed by atoms with Crippen LogP contribution < -0.4 is 10.6 Å². The van der Waals surface area contributed by atoms with E-state index in [2.05, 4.69) is 20.7 Å². The first kappa shape index (κ1) is 31.0. The first-order chi connectivity index (χ1) is 19.0. The number of carbonyl (C=O) groups is 2. The third-order valence-electron chi connectivity index (χ3n) is 7.93. The highest BCUT2D eigenvalue weighted by Gasteiger charge is 2.40. The molecule has 2 N–H and O–H groups in total. The Balaban J connectivity index is 1.58. The molecule has 3 atom stereocenters. The number of nitrogens with zero attached hydrogens (tertiary/aromatic N) is 3. The van der Waals surface area contributed by atoms with Crippen LogP contribution in [0.25, 0.3) is 5.65 Å². The van der Waals surface area contributed by atoms with Gasteiger partial charge in [0, 0.05) is 19.3 Å². The minimum absolute atomic E-state index is 0.0596. The first-order valence-corrected chi connectivity index (χ1v) is 14.1. The topological polar surface area (TPSA) is 97.6 Å². The summed E-state index contributed by atoms with van der Waals surface area (Å²) in [7, 11) is 0. The molecule has 228 valence electrons. The molecule has 2 aliphatic carbocycles. The predicted octanol–water partition coefficient (Wildman–Crippen LogP) is 6.67. The molecule has 8 nitrogen and oxygen atoms in total. The van der Waals surface area contributed by atoms with Gasteiger partial charge in [-0.3, -0.25) is 4.79 Å². The van der Waals surface area contributed by atoms with Gasteiger partial charge >= 0.3 is 12.3 Å². The van der Waals surface area contributed by atoms with Crippen LogP contribution in [0.4, 0.5) is 26.7 Å². The summed E-state index contributed by atoms with van der Waals surface area (Å²) in [5.74, 6) is -5.45. The van der Waals surface area contributed by atoms with E-state index in [-0.39, 0.29) is 37.5 Å². The summed E-state index contributed by atoms with van der Waals surface area (Å²) in [5, 5.41) is 10.0. The van der Waals surface area contributed by atoms with Gasteiger partial charge in [0.1, 0.15) is 5.60 Å².